The van der Waals surface area contributed by atoms with E-state index in [0.717, 1.165) is 38.9 Å². The average molecular weight is 270 g/mol. The molecule has 110 valence electrons. The Hall–Kier alpha value is -0.650. The molecule has 5 nitrogen and oxygen atoms in total. The summed E-state index contributed by atoms with van der Waals surface area (Å²) in [5.41, 5.74) is 0. The standard InChI is InChI=1S/C14H26N2O3/c17-10-11-3-1-2-4-13(11)15-9-14(18)16-12-5-7-19-8-6-12/h11-13,15,17H,1-10H2,(H,16,18). The van der Waals surface area contributed by atoms with Gasteiger partial charge in [0, 0.05) is 31.9 Å². The van der Waals surface area contributed by atoms with Crippen LogP contribution in [0.3, 0.4) is 0 Å². The normalized spacial score (nSPS) is 29.1. The summed E-state index contributed by atoms with van der Waals surface area (Å²) in [7, 11) is 0. The lowest BCUT2D eigenvalue weighted by atomic mass is 9.85. The molecule has 2 aliphatic rings. The van der Waals surface area contributed by atoms with Gasteiger partial charge in [-0.1, -0.05) is 12.8 Å². The SMILES string of the molecule is O=C(CNC1CCCCC1CO)NC1CCOCC1. The first-order valence-electron chi connectivity index (χ1n) is 7.51. The van der Waals surface area contributed by atoms with Crippen LogP contribution in [0.25, 0.3) is 0 Å². The molecule has 1 saturated carbocycles. The number of aliphatic hydroxyl groups is 1. The van der Waals surface area contributed by atoms with Crippen molar-refractivity contribution >= 4 is 5.91 Å². The van der Waals surface area contributed by atoms with Crippen LogP contribution in [0, 0.1) is 5.92 Å². The van der Waals surface area contributed by atoms with Crippen molar-refractivity contribution in [3.8, 4) is 0 Å². The fraction of sp³-hybridized carbons (Fsp3) is 0.929. The van der Waals surface area contributed by atoms with Crippen molar-refractivity contribution in [2.75, 3.05) is 26.4 Å². The Balaban J connectivity index is 1.67. The van der Waals surface area contributed by atoms with Crippen molar-refractivity contribution in [3.05, 3.63) is 0 Å². The van der Waals surface area contributed by atoms with Crippen molar-refractivity contribution < 1.29 is 14.6 Å². The fourth-order valence-corrected chi connectivity index (χ4v) is 3.04. The van der Waals surface area contributed by atoms with Crippen molar-refractivity contribution in [1.29, 1.82) is 0 Å². The van der Waals surface area contributed by atoms with E-state index in [4.69, 9.17) is 4.74 Å². The summed E-state index contributed by atoms with van der Waals surface area (Å²) < 4.78 is 5.27. The van der Waals surface area contributed by atoms with Crippen LogP contribution in [-0.4, -0.2) is 49.5 Å². The van der Waals surface area contributed by atoms with E-state index in [1.165, 1.54) is 12.8 Å². The second-order valence-corrected chi connectivity index (χ2v) is 5.67. The lowest BCUT2D eigenvalue weighted by Gasteiger charge is -2.31. The minimum atomic E-state index is 0.0640. The predicted octanol–water partition coefficient (Wildman–Crippen LogP) is 0.422. The Labute approximate surface area is 115 Å². The molecule has 1 amide bonds. The molecule has 2 atom stereocenters. The Kier molecular flexibility index (Phi) is 6.07. The Morgan fingerprint density at radius 2 is 1.89 bits per heavy atom. The molecule has 0 spiro atoms. The van der Waals surface area contributed by atoms with Crippen LogP contribution < -0.4 is 10.6 Å². The van der Waals surface area contributed by atoms with Crippen molar-refractivity contribution in [2.24, 2.45) is 5.92 Å². The molecular weight excluding hydrogens is 244 g/mol. The van der Waals surface area contributed by atoms with Crippen LogP contribution in [0.2, 0.25) is 0 Å². The maximum atomic E-state index is 11.9. The molecule has 1 aliphatic heterocycles. The lowest BCUT2D eigenvalue weighted by molar-refractivity contribution is -0.121. The molecule has 5 heteroatoms. The Morgan fingerprint density at radius 1 is 1.16 bits per heavy atom. The first-order valence-corrected chi connectivity index (χ1v) is 7.51. The maximum absolute atomic E-state index is 11.9. The van der Waals surface area contributed by atoms with E-state index in [1.807, 2.05) is 0 Å². The highest BCUT2D eigenvalue weighted by atomic mass is 16.5. The van der Waals surface area contributed by atoms with Crippen LogP contribution in [0.15, 0.2) is 0 Å². The highest BCUT2D eigenvalue weighted by molar-refractivity contribution is 5.78. The number of hydrogen-bond acceptors (Lipinski definition) is 4. The van der Waals surface area contributed by atoms with Gasteiger partial charge in [0.2, 0.25) is 5.91 Å². The van der Waals surface area contributed by atoms with Crippen LogP contribution in [0.5, 0.6) is 0 Å². The van der Waals surface area contributed by atoms with Gasteiger partial charge in [-0.05, 0) is 31.6 Å². The Bertz CT molecular complexity index is 280. The Morgan fingerprint density at radius 3 is 2.63 bits per heavy atom. The van der Waals surface area contributed by atoms with Gasteiger partial charge in [-0.3, -0.25) is 4.79 Å². The molecule has 0 bridgehead atoms. The predicted molar refractivity (Wildman–Crippen MR) is 72.8 cm³/mol. The van der Waals surface area contributed by atoms with Gasteiger partial charge in [-0.25, -0.2) is 0 Å². The molecule has 0 radical (unpaired) electrons. The number of carbonyl (C=O) groups is 1. The van der Waals surface area contributed by atoms with Gasteiger partial charge in [0.25, 0.3) is 0 Å². The highest BCUT2D eigenvalue weighted by Gasteiger charge is 2.24. The van der Waals surface area contributed by atoms with Gasteiger partial charge < -0.3 is 20.5 Å². The molecule has 2 rings (SSSR count). The summed E-state index contributed by atoms with van der Waals surface area (Å²) in [4.78, 5) is 11.9. The van der Waals surface area contributed by atoms with E-state index < -0.39 is 0 Å². The first kappa shape index (κ1) is 14.8. The maximum Gasteiger partial charge on any atom is 0.234 e. The van der Waals surface area contributed by atoms with Gasteiger partial charge in [0.05, 0.1) is 6.54 Å². The van der Waals surface area contributed by atoms with Gasteiger partial charge in [0.1, 0.15) is 0 Å². The quantitative estimate of drug-likeness (QED) is 0.677. The number of nitrogens with one attached hydrogen (secondary N) is 2. The van der Waals surface area contributed by atoms with Crippen LogP contribution in [-0.2, 0) is 9.53 Å². The number of rotatable bonds is 5. The zero-order valence-corrected chi connectivity index (χ0v) is 11.6. The van der Waals surface area contributed by atoms with Crippen LogP contribution >= 0.6 is 0 Å². The van der Waals surface area contributed by atoms with E-state index in [1.54, 1.807) is 0 Å². The number of hydrogen-bond donors (Lipinski definition) is 3. The van der Waals surface area contributed by atoms with E-state index in [9.17, 15) is 9.90 Å². The van der Waals surface area contributed by atoms with Crippen molar-refractivity contribution in [3.63, 3.8) is 0 Å². The van der Waals surface area contributed by atoms with Crippen molar-refractivity contribution in [2.45, 2.75) is 50.6 Å². The molecular formula is C14H26N2O3. The zero-order valence-electron chi connectivity index (χ0n) is 11.6. The number of amides is 1. The van der Waals surface area contributed by atoms with Crippen molar-refractivity contribution in [1.82, 2.24) is 10.6 Å². The average Bonchev–Trinajstić information content (AvgIpc) is 2.46. The van der Waals surface area contributed by atoms with Gasteiger partial charge in [-0.15, -0.1) is 0 Å². The fourth-order valence-electron chi connectivity index (χ4n) is 3.04. The molecule has 0 aromatic rings. The topological polar surface area (TPSA) is 70.6 Å². The van der Waals surface area contributed by atoms with Gasteiger partial charge in [-0.2, -0.15) is 0 Å². The molecule has 3 N–H and O–H groups in total. The van der Waals surface area contributed by atoms with E-state index in [0.29, 0.717) is 18.5 Å². The number of carbonyl (C=O) groups excluding carboxylic acids is 1. The molecule has 2 fully saturated rings. The lowest BCUT2D eigenvalue weighted by Crippen LogP contribution is -2.47. The first-order chi connectivity index (χ1) is 9.29. The van der Waals surface area contributed by atoms with Gasteiger partial charge in [0.15, 0.2) is 0 Å². The minimum absolute atomic E-state index is 0.0640. The minimum Gasteiger partial charge on any atom is -0.396 e. The van der Waals surface area contributed by atoms with E-state index in [2.05, 4.69) is 10.6 Å². The summed E-state index contributed by atoms with van der Waals surface area (Å²) in [6.45, 7) is 2.07. The largest absolute Gasteiger partial charge is 0.396 e. The zero-order chi connectivity index (χ0) is 13.5. The molecule has 1 saturated heterocycles. The third kappa shape index (κ3) is 4.75. The molecule has 0 aromatic carbocycles. The summed E-state index contributed by atoms with van der Waals surface area (Å²) in [5.74, 6) is 0.374. The molecule has 0 aromatic heterocycles. The van der Waals surface area contributed by atoms with E-state index >= 15 is 0 Å². The molecule has 1 heterocycles. The van der Waals surface area contributed by atoms with Crippen LogP contribution in [0.1, 0.15) is 38.5 Å². The monoisotopic (exact) mass is 270 g/mol. The number of ether oxygens (including phenoxy) is 1. The summed E-state index contributed by atoms with van der Waals surface area (Å²) in [6, 6.07) is 0.558. The van der Waals surface area contributed by atoms with Gasteiger partial charge >= 0.3 is 0 Å². The number of aliphatic hydroxyl groups excluding tert-OH is 1. The molecule has 19 heavy (non-hydrogen) atoms. The second-order valence-electron chi connectivity index (χ2n) is 5.67. The van der Waals surface area contributed by atoms with Crippen LogP contribution in [0.4, 0.5) is 0 Å². The summed E-state index contributed by atoms with van der Waals surface area (Å²) in [6.07, 6.45) is 6.34. The molecule has 2 unspecified atom stereocenters. The van der Waals surface area contributed by atoms with E-state index in [-0.39, 0.29) is 18.6 Å². The molecule has 1 aliphatic carbocycles. The third-order valence-electron chi connectivity index (χ3n) is 4.25. The summed E-state index contributed by atoms with van der Waals surface area (Å²) in [5, 5.41) is 15.7. The smallest absolute Gasteiger partial charge is 0.234 e. The summed E-state index contributed by atoms with van der Waals surface area (Å²) >= 11 is 0. The third-order valence-corrected chi connectivity index (χ3v) is 4.25. The highest BCUT2D eigenvalue weighted by Crippen LogP contribution is 2.23. The second kappa shape index (κ2) is 7.82.